The van der Waals surface area contributed by atoms with Crippen molar-refractivity contribution in [1.82, 2.24) is 15.2 Å². The van der Waals surface area contributed by atoms with Gasteiger partial charge in [0.05, 0.1) is 12.7 Å². The number of amides is 1. The molecule has 1 aliphatic heterocycles. The van der Waals surface area contributed by atoms with Crippen molar-refractivity contribution in [3.63, 3.8) is 0 Å². The van der Waals surface area contributed by atoms with Gasteiger partial charge in [-0.3, -0.25) is 9.59 Å². The van der Waals surface area contributed by atoms with E-state index in [1.54, 1.807) is 18.3 Å². The lowest BCUT2D eigenvalue weighted by atomic mass is 9.93. The minimum Gasteiger partial charge on any atom is -0.469 e. The highest BCUT2D eigenvalue weighted by Gasteiger charge is 2.21. The van der Waals surface area contributed by atoms with Crippen LogP contribution in [-0.2, 0) is 9.53 Å². The van der Waals surface area contributed by atoms with Crippen molar-refractivity contribution in [2.45, 2.75) is 83.5 Å². The molecule has 0 radical (unpaired) electrons. The van der Waals surface area contributed by atoms with Gasteiger partial charge in [-0.05, 0) is 63.4 Å². The zero-order valence-electron chi connectivity index (χ0n) is 20.5. The number of nitrogens with two attached hydrogens (primary N) is 1. The number of pyridine rings is 1. The van der Waals surface area contributed by atoms with Gasteiger partial charge < -0.3 is 20.7 Å². The predicted molar refractivity (Wildman–Crippen MR) is 133 cm³/mol. The van der Waals surface area contributed by atoms with Gasteiger partial charge in [-0.1, -0.05) is 51.4 Å². The fraction of sp³-hybridized carbons (Fsp3) is 0.731. The normalized spacial score (nSPS) is 14.8. The zero-order chi connectivity index (χ0) is 23.7. The summed E-state index contributed by atoms with van der Waals surface area (Å²) in [5, 5.41) is 2.93. The van der Waals surface area contributed by atoms with E-state index < -0.39 is 0 Å². The SMILES string of the molecule is COC(=O)CC1CCN(CCCCCCCCCCCCNC(=O)c2cccnc2N)CC1. The molecular weight excluding hydrogens is 416 g/mol. The molecule has 3 N–H and O–H groups in total. The summed E-state index contributed by atoms with van der Waals surface area (Å²) in [6, 6.07) is 3.43. The van der Waals surface area contributed by atoms with Gasteiger partial charge in [-0.25, -0.2) is 4.98 Å². The largest absolute Gasteiger partial charge is 0.469 e. The summed E-state index contributed by atoms with van der Waals surface area (Å²) in [5.41, 5.74) is 6.18. The van der Waals surface area contributed by atoms with E-state index in [1.807, 2.05) is 0 Å². The highest BCUT2D eigenvalue weighted by molar-refractivity contribution is 5.98. The number of carbonyl (C=O) groups excluding carboxylic acids is 2. The summed E-state index contributed by atoms with van der Waals surface area (Å²) in [4.78, 5) is 29.9. The van der Waals surface area contributed by atoms with E-state index in [0.717, 1.165) is 38.8 Å². The number of hydrogen-bond acceptors (Lipinski definition) is 6. The molecule has 0 saturated carbocycles. The molecular formula is C26H44N4O3. The van der Waals surface area contributed by atoms with Crippen LogP contribution >= 0.6 is 0 Å². The van der Waals surface area contributed by atoms with Crippen LogP contribution in [0.5, 0.6) is 0 Å². The molecule has 0 bridgehead atoms. The van der Waals surface area contributed by atoms with Crippen molar-refractivity contribution in [3.8, 4) is 0 Å². The van der Waals surface area contributed by atoms with Gasteiger partial charge in [-0.2, -0.15) is 0 Å². The molecule has 0 aromatic carbocycles. The number of esters is 1. The maximum Gasteiger partial charge on any atom is 0.305 e. The van der Waals surface area contributed by atoms with Crippen molar-refractivity contribution >= 4 is 17.7 Å². The van der Waals surface area contributed by atoms with E-state index in [-0.39, 0.29) is 17.7 Å². The van der Waals surface area contributed by atoms with Gasteiger partial charge in [0.25, 0.3) is 5.91 Å². The third-order valence-electron chi connectivity index (χ3n) is 6.66. The van der Waals surface area contributed by atoms with Crippen LogP contribution in [0.25, 0.3) is 0 Å². The Morgan fingerprint density at radius 1 is 1.03 bits per heavy atom. The molecule has 0 aliphatic carbocycles. The molecule has 186 valence electrons. The quantitative estimate of drug-likeness (QED) is 0.277. The molecule has 1 aromatic heterocycles. The first-order valence-electron chi connectivity index (χ1n) is 12.9. The van der Waals surface area contributed by atoms with Gasteiger partial charge in [0.2, 0.25) is 0 Å². The van der Waals surface area contributed by atoms with Crippen molar-refractivity contribution in [2.75, 3.05) is 39.0 Å². The van der Waals surface area contributed by atoms with Crippen molar-refractivity contribution in [1.29, 1.82) is 0 Å². The van der Waals surface area contributed by atoms with Gasteiger partial charge in [0.1, 0.15) is 5.82 Å². The Balaban J connectivity index is 1.33. The Hall–Kier alpha value is -2.15. The highest BCUT2D eigenvalue weighted by Crippen LogP contribution is 2.21. The molecule has 1 fully saturated rings. The Morgan fingerprint density at radius 2 is 1.64 bits per heavy atom. The second kappa shape index (κ2) is 16.5. The van der Waals surface area contributed by atoms with Gasteiger partial charge in [-0.15, -0.1) is 0 Å². The molecule has 2 heterocycles. The summed E-state index contributed by atoms with van der Waals surface area (Å²) < 4.78 is 4.78. The first-order chi connectivity index (χ1) is 16.1. The predicted octanol–water partition coefficient (Wildman–Crippen LogP) is 4.57. The first kappa shape index (κ1) is 27.1. The smallest absolute Gasteiger partial charge is 0.305 e. The number of piperidine rings is 1. The number of hydrogen-bond donors (Lipinski definition) is 2. The van der Waals surface area contributed by atoms with Gasteiger partial charge >= 0.3 is 5.97 Å². The maximum absolute atomic E-state index is 12.0. The second-order valence-electron chi connectivity index (χ2n) is 9.29. The highest BCUT2D eigenvalue weighted by atomic mass is 16.5. The Bertz CT molecular complexity index is 690. The number of likely N-dealkylation sites (tertiary alicyclic amines) is 1. The molecule has 0 unspecified atom stereocenters. The van der Waals surface area contributed by atoms with Gasteiger partial charge in [0, 0.05) is 19.2 Å². The first-order valence-corrected chi connectivity index (χ1v) is 12.9. The number of nitrogen functional groups attached to an aromatic ring is 1. The van der Waals surface area contributed by atoms with Gasteiger partial charge in [0.15, 0.2) is 0 Å². The molecule has 7 heteroatoms. The molecule has 2 rings (SSSR count). The molecule has 1 saturated heterocycles. The summed E-state index contributed by atoms with van der Waals surface area (Å²) in [5.74, 6) is 0.596. The number of rotatable bonds is 16. The molecule has 1 aromatic rings. The molecule has 1 aliphatic rings. The van der Waals surface area contributed by atoms with E-state index in [0.29, 0.717) is 24.4 Å². The minimum absolute atomic E-state index is 0.0651. The number of nitrogens with one attached hydrogen (secondary N) is 1. The number of carbonyl (C=O) groups is 2. The summed E-state index contributed by atoms with van der Waals surface area (Å²) >= 11 is 0. The summed E-state index contributed by atoms with van der Waals surface area (Å²) in [6.45, 7) is 4.15. The maximum atomic E-state index is 12.0. The average molecular weight is 461 g/mol. The number of anilines is 1. The number of ether oxygens (including phenoxy) is 1. The van der Waals surface area contributed by atoms with E-state index in [1.165, 1.54) is 65.0 Å². The minimum atomic E-state index is -0.136. The molecule has 0 spiro atoms. The molecule has 0 atom stereocenters. The fourth-order valence-corrected chi connectivity index (χ4v) is 4.51. The second-order valence-corrected chi connectivity index (χ2v) is 9.29. The van der Waals surface area contributed by atoms with Crippen LogP contribution in [0.4, 0.5) is 5.82 Å². The number of unbranched alkanes of at least 4 members (excludes halogenated alkanes) is 9. The van der Waals surface area contributed by atoms with E-state index in [4.69, 9.17) is 10.5 Å². The topological polar surface area (TPSA) is 97.5 Å². The van der Waals surface area contributed by atoms with Crippen molar-refractivity contribution in [2.24, 2.45) is 5.92 Å². The van der Waals surface area contributed by atoms with Crippen LogP contribution in [0.2, 0.25) is 0 Å². The van der Waals surface area contributed by atoms with Crippen LogP contribution in [-0.4, -0.2) is 55.0 Å². The lowest BCUT2D eigenvalue weighted by Crippen LogP contribution is -2.35. The molecule has 33 heavy (non-hydrogen) atoms. The van der Waals surface area contributed by atoms with Crippen molar-refractivity contribution < 1.29 is 14.3 Å². The van der Waals surface area contributed by atoms with E-state index in [9.17, 15) is 9.59 Å². The lowest BCUT2D eigenvalue weighted by molar-refractivity contribution is -0.142. The molecule has 1 amide bonds. The fourth-order valence-electron chi connectivity index (χ4n) is 4.51. The molecule has 7 nitrogen and oxygen atoms in total. The number of nitrogens with zero attached hydrogens (tertiary/aromatic N) is 2. The third kappa shape index (κ3) is 11.5. The van der Waals surface area contributed by atoms with E-state index in [2.05, 4.69) is 15.2 Å². The zero-order valence-corrected chi connectivity index (χ0v) is 20.5. The summed E-state index contributed by atoms with van der Waals surface area (Å²) in [6.07, 6.45) is 17.0. The summed E-state index contributed by atoms with van der Waals surface area (Å²) in [7, 11) is 1.48. The average Bonchev–Trinajstić information content (AvgIpc) is 2.83. The Morgan fingerprint density at radius 3 is 2.24 bits per heavy atom. The lowest BCUT2D eigenvalue weighted by Gasteiger charge is -2.31. The van der Waals surface area contributed by atoms with E-state index >= 15 is 0 Å². The standard InChI is InChI=1S/C26H44N4O3/c1-33-24(31)21-22-14-19-30(20-15-22)18-11-9-7-5-3-2-4-6-8-10-16-29-26(32)23-13-12-17-28-25(23)27/h12-13,17,22H,2-11,14-16,18-21H2,1H3,(H2,27,28)(H,29,32). The van der Waals surface area contributed by atoms with Crippen LogP contribution in [0.3, 0.4) is 0 Å². The Kier molecular flexibility index (Phi) is 13.5. The number of methoxy groups -OCH3 is 1. The Labute approximate surface area is 199 Å². The third-order valence-corrected chi connectivity index (χ3v) is 6.66. The van der Waals surface area contributed by atoms with Crippen LogP contribution in [0.15, 0.2) is 18.3 Å². The van der Waals surface area contributed by atoms with Crippen molar-refractivity contribution in [3.05, 3.63) is 23.9 Å². The number of aromatic nitrogens is 1. The monoisotopic (exact) mass is 460 g/mol. The van der Waals surface area contributed by atoms with Crippen LogP contribution in [0.1, 0.15) is 93.8 Å². The van der Waals surface area contributed by atoms with Crippen LogP contribution < -0.4 is 11.1 Å². The van der Waals surface area contributed by atoms with Crippen LogP contribution in [0, 0.1) is 5.92 Å².